The van der Waals surface area contributed by atoms with Crippen LogP contribution in [0.4, 0.5) is 5.95 Å². The second-order valence-electron chi connectivity index (χ2n) is 8.26. The second kappa shape index (κ2) is 9.34. The molecule has 0 aliphatic carbocycles. The van der Waals surface area contributed by atoms with Gasteiger partial charge in [-0.3, -0.25) is 4.79 Å². The lowest BCUT2D eigenvalue weighted by atomic mass is 10.1. The first kappa shape index (κ1) is 22.2. The number of nitrogens with zero attached hydrogens (tertiary/aromatic N) is 5. The highest BCUT2D eigenvalue weighted by atomic mass is 32.2. The monoisotopic (exact) mass is 473 g/mol. The molecule has 5 rings (SSSR count). The average Bonchev–Trinajstić information content (AvgIpc) is 2.88. The number of aromatic nitrogens is 2. The molecule has 2 aromatic rings. The van der Waals surface area contributed by atoms with E-state index in [1.807, 2.05) is 6.20 Å². The van der Waals surface area contributed by atoms with Crippen molar-refractivity contribution < 1.29 is 22.7 Å². The minimum atomic E-state index is -3.59. The van der Waals surface area contributed by atoms with Crippen LogP contribution in [0.1, 0.15) is 21.6 Å². The van der Waals surface area contributed by atoms with Gasteiger partial charge in [-0.05, 0) is 36.2 Å². The fourth-order valence-corrected chi connectivity index (χ4v) is 5.68. The zero-order valence-corrected chi connectivity index (χ0v) is 19.2. The van der Waals surface area contributed by atoms with E-state index in [2.05, 4.69) is 9.88 Å². The Kier molecular flexibility index (Phi) is 6.28. The molecule has 176 valence electrons. The van der Waals surface area contributed by atoms with Crippen LogP contribution >= 0.6 is 0 Å². The number of sulfonamides is 1. The molecule has 0 N–H and O–H groups in total. The van der Waals surface area contributed by atoms with E-state index in [4.69, 9.17) is 14.5 Å². The summed E-state index contributed by atoms with van der Waals surface area (Å²) >= 11 is 0. The number of fused-ring (bicyclic) bond motifs is 1. The lowest BCUT2D eigenvalue weighted by Gasteiger charge is -2.31. The van der Waals surface area contributed by atoms with E-state index in [1.54, 1.807) is 17.0 Å². The van der Waals surface area contributed by atoms with Gasteiger partial charge < -0.3 is 19.3 Å². The summed E-state index contributed by atoms with van der Waals surface area (Å²) in [4.78, 5) is 26.4. The SMILES string of the molecule is O=C(c1ccc(S(=O)(=O)N2CCOCC2)cc1)N1CCc2cnc(N3CCOCC3)nc2C1. The number of carbonyl (C=O) groups is 1. The minimum Gasteiger partial charge on any atom is -0.379 e. The van der Waals surface area contributed by atoms with Gasteiger partial charge in [0.25, 0.3) is 5.91 Å². The maximum absolute atomic E-state index is 13.1. The number of morpholine rings is 2. The third kappa shape index (κ3) is 4.58. The Morgan fingerprint density at radius 2 is 1.58 bits per heavy atom. The number of hydrogen-bond acceptors (Lipinski definition) is 8. The van der Waals surface area contributed by atoms with Gasteiger partial charge in [0.1, 0.15) is 0 Å². The topological polar surface area (TPSA) is 105 Å². The summed E-state index contributed by atoms with van der Waals surface area (Å²) in [5.74, 6) is 0.534. The Balaban J connectivity index is 1.29. The summed E-state index contributed by atoms with van der Waals surface area (Å²) in [6, 6.07) is 6.19. The zero-order chi connectivity index (χ0) is 22.8. The van der Waals surface area contributed by atoms with Gasteiger partial charge in [-0.25, -0.2) is 18.4 Å². The molecular formula is C22H27N5O5S. The molecule has 2 saturated heterocycles. The molecule has 1 amide bonds. The van der Waals surface area contributed by atoms with Crippen LogP contribution in [0.25, 0.3) is 0 Å². The normalized spacial score (nSPS) is 19.9. The Labute approximate surface area is 193 Å². The third-order valence-corrected chi connectivity index (χ3v) is 8.14. The van der Waals surface area contributed by atoms with Gasteiger partial charge in [-0.2, -0.15) is 4.31 Å². The quantitative estimate of drug-likeness (QED) is 0.634. The van der Waals surface area contributed by atoms with Crippen LogP contribution in [0.15, 0.2) is 35.4 Å². The molecule has 10 nitrogen and oxygen atoms in total. The number of anilines is 1. The van der Waals surface area contributed by atoms with Crippen LogP contribution in [0.5, 0.6) is 0 Å². The predicted molar refractivity (Wildman–Crippen MR) is 120 cm³/mol. The van der Waals surface area contributed by atoms with E-state index < -0.39 is 10.0 Å². The van der Waals surface area contributed by atoms with E-state index in [1.165, 1.54) is 16.4 Å². The number of hydrogen-bond donors (Lipinski definition) is 0. The van der Waals surface area contributed by atoms with Crippen molar-refractivity contribution in [2.75, 3.05) is 64.1 Å². The van der Waals surface area contributed by atoms with E-state index in [0.29, 0.717) is 70.5 Å². The van der Waals surface area contributed by atoms with Crippen molar-refractivity contribution in [2.24, 2.45) is 0 Å². The molecule has 0 unspecified atom stereocenters. The highest BCUT2D eigenvalue weighted by Crippen LogP contribution is 2.23. The molecule has 11 heteroatoms. The molecule has 0 bridgehead atoms. The number of benzene rings is 1. The predicted octanol–water partition coefficient (Wildman–Crippen LogP) is 0.533. The average molecular weight is 474 g/mol. The van der Waals surface area contributed by atoms with Gasteiger partial charge in [0, 0.05) is 44.5 Å². The molecule has 2 fully saturated rings. The first-order chi connectivity index (χ1) is 16.0. The van der Waals surface area contributed by atoms with E-state index in [-0.39, 0.29) is 10.8 Å². The maximum Gasteiger partial charge on any atom is 0.254 e. The van der Waals surface area contributed by atoms with Gasteiger partial charge >= 0.3 is 0 Å². The van der Waals surface area contributed by atoms with Crippen molar-refractivity contribution in [1.29, 1.82) is 0 Å². The van der Waals surface area contributed by atoms with Gasteiger partial charge in [-0.1, -0.05) is 0 Å². The summed E-state index contributed by atoms with van der Waals surface area (Å²) in [6.07, 6.45) is 2.55. The Hall–Kier alpha value is -2.60. The van der Waals surface area contributed by atoms with Gasteiger partial charge in [0.05, 0.1) is 43.6 Å². The van der Waals surface area contributed by atoms with Crippen LogP contribution in [0, 0.1) is 0 Å². The molecule has 1 aromatic carbocycles. The molecule has 0 atom stereocenters. The standard InChI is InChI=1S/C22H27N5O5S/c28-21(17-1-3-19(4-2-17)33(29,30)27-9-13-32-14-10-27)26-6-5-18-15-23-22(24-20(18)16-26)25-7-11-31-12-8-25/h1-4,15H,5-14,16H2. The van der Waals surface area contributed by atoms with E-state index in [9.17, 15) is 13.2 Å². The van der Waals surface area contributed by atoms with Crippen LogP contribution in [0.3, 0.4) is 0 Å². The first-order valence-electron chi connectivity index (χ1n) is 11.2. The van der Waals surface area contributed by atoms with Crippen molar-refractivity contribution >= 4 is 21.9 Å². The molecule has 0 radical (unpaired) electrons. The van der Waals surface area contributed by atoms with Gasteiger partial charge in [-0.15, -0.1) is 0 Å². The largest absolute Gasteiger partial charge is 0.379 e. The molecule has 33 heavy (non-hydrogen) atoms. The molecule has 1 aromatic heterocycles. The number of amides is 1. The fourth-order valence-electron chi connectivity index (χ4n) is 4.27. The summed E-state index contributed by atoms with van der Waals surface area (Å²) in [6.45, 7) is 5.25. The minimum absolute atomic E-state index is 0.137. The molecule has 0 saturated carbocycles. The van der Waals surface area contributed by atoms with E-state index >= 15 is 0 Å². The summed E-state index contributed by atoms with van der Waals surface area (Å²) in [5.41, 5.74) is 2.38. The highest BCUT2D eigenvalue weighted by Gasteiger charge is 2.28. The fraction of sp³-hybridized carbons (Fsp3) is 0.500. The van der Waals surface area contributed by atoms with Crippen LogP contribution in [-0.4, -0.2) is 92.6 Å². The lowest BCUT2D eigenvalue weighted by molar-refractivity contribution is 0.0729. The van der Waals surface area contributed by atoms with Crippen molar-refractivity contribution in [2.45, 2.75) is 17.9 Å². The first-order valence-corrected chi connectivity index (χ1v) is 12.6. The summed E-state index contributed by atoms with van der Waals surface area (Å²) < 4.78 is 37.7. The van der Waals surface area contributed by atoms with Crippen LogP contribution < -0.4 is 4.90 Å². The number of ether oxygens (including phenoxy) is 2. The van der Waals surface area contributed by atoms with Crippen molar-refractivity contribution in [3.8, 4) is 0 Å². The van der Waals surface area contributed by atoms with E-state index in [0.717, 1.165) is 24.3 Å². The smallest absolute Gasteiger partial charge is 0.254 e. The van der Waals surface area contributed by atoms with Gasteiger partial charge in [0.2, 0.25) is 16.0 Å². The highest BCUT2D eigenvalue weighted by molar-refractivity contribution is 7.89. The van der Waals surface area contributed by atoms with Crippen LogP contribution in [-0.2, 0) is 32.5 Å². The molecular weight excluding hydrogens is 446 g/mol. The Morgan fingerprint density at radius 3 is 2.27 bits per heavy atom. The Bertz CT molecular complexity index is 1110. The van der Waals surface area contributed by atoms with Crippen molar-refractivity contribution in [3.63, 3.8) is 0 Å². The molecule has 0 spiro atoms. The summed E-state index contributed by atoms with van der Waals surface area (Å²) in [5, 5.41) is 0. The molecule has 3 aliphatic rings. The van der Waals surface area contributed by atoms with Crippen molar-refractivity contribution in [1.82, 2.24) is 19.2 Å². The van der Waals surface area contributed by atoms with Crippen molar-refractivity contribution in [3.05, 3.63) is 47.3 Å². The lowest BCUT2D eigenvalue weighted by Crippen LogP contribution is -2.40. The van der Waals surface area contributed by atoms with Crippen LogP contribution in [0.2, 0.25) is 0 Å². The third-order valence-electron chi connectivity index (χ3n) is 6.22. The molecule has 3 aliphatic heterocycles. The second-order valence-corrected chi connectivity index (χ2v) is 10.2. The number of rotatable bonds is 4. The van der Waals surface area contributed by atoms with Gasteiger partial charge in [0.15, 0.2) is 0 Å². The summed E-state index contributed by atoms with van der Waals surface area (Å²) in [7, 11) is -3.59. The Morgan fingerprint density at radius 1 is 0.909 bits per heavy atom. The molecule has 4 heterocycles. The zero-order valence-electron chi connectivity index (χ0n) is 18.4. The number of carbonyl (C=O) groups excluding carboxylic acids is 1. The maximum atomic E-state index is 13.1.